The van der Waals surface area contributed by atoms with Crippen LogP contribution in [-0.4, -0.2) is 10.7 Å². The van der Waals surface area contributed by atoms with E-state index in [2.05, 4.69) is 39.5 Å². The van der Waals surface area contributed by atoms with Gasteiger partial charge < -0.3 is 9.84 Å². The highest BCUT2D eigenvalue weighted by atomic mass is 16.5. The molecule has 0 amide bonds. The third-order valence-corrected chi connectivity index (χ3v) is 4.91. The van der Waals surface area contributed by atoms with Crippen LogP contribution in [0.1, 0.15) is 50.7 Å². The molecule has 2 nitrogen and oxygen atoms in total. The van der Waals surface area contributed by atoms with Gasteiger partial charge in [0.05, 0.1) is 0 Å². The molecule has 1 N–H and O–H groups in total. The van der Waals surface area contributed by atoms with Crippen molar-refractivity contribution in [3.63, 3.8) is 0 Å². The molecule has 0 spiro atoms. The average Bonchev–Trinajstić information content (AvgIpc) is 2.37. The van der Waals surface area contributed by atoms with Crippen molar-refractivity contribution in [1.29, 1.82) is 0 Å². The van der Waals surface area contributed by atoms with Gasteiger partial charge in [-0.3, -0.25) is 0 Å². The number of aromatic hydroxyl groups is 1. The Morgan fingerprint density at radius 3 is 2.90 bits per heavy atom. The summed E-state index contributed by atoms with van der Waals surface area (Å²) < 4.78 is 6.27. The van der Waals surface area contributed by atoms with Crippen LogP contribution < -0.4 is 4.74 Å². The van der Waals surface area contributed by atoms with Gasteiger partial charge in [0.25, 0.3) is 0 Å². The Balaban J connectivity index is 2.15. The Labute approximate surface area is 127 Å². The Morgan fingerprint density at radius 2 is 2.19 bits per heavy atom. The fourth-order valence-electron chi connectivity index (χ4n) is 3.86. The molecule has 1 aliphatic carbocycles. The standard InChI is InChI=1S/C19H24O2/c1-5-6-13-10-16(20)18-14-9-12(2)7-8-15(14)19(3,4)21-17(18)11-13/h5,9-11,14-15,20H,1,6-8H2,2-4H3/t14-,15-/m1/s1. The molecular weight excluding hydrogens is 260 g/mol. The summed E-state index contributed by atoms with van der Waals surface area (Å²) >= 11 is 0. The van der Waals surface area contributed by atoms with Crippen molar-refractivity contribution in [3.8, 4) is 11.5 Å². The molecule has 1 aromatic carbocycles. The summed E-state index contributed by atoms with van der Waals surface area (Å²) in [5, 5.41) is 10.5. The van der Waals surface area contributed by atoms with Crippen molar-refractivity contribution in [2.45, 2.75) is 51.6 Å². The molecule has 3 rings (SSSR count). The Hall–Kier alpha value is -1.70. The molecule has 0 aromatic heterocycles. The first kappa shape index (κ1) is 14.2. The largest absolute Gasteiger partial charge is 0.507 e. The molecule has 0 unspecified atom stereocenters. The minimum absolute atomic E-state index is 0.200. The molecule has 1 aromatic rings. The van der Waals surface area contributed by atoms with E-state index in [1.807, 2.05) is 12.1 Å². The third-order valence-electron chi connectivity index (χ3n) is 4.91. The van der Waals surface area contributed by atoms with E-state index in [1.54, 1.807) is 0 Å². The first-order chi connectivity index (χ1) is 9.92. The van der Waals surface area contributed by atoms with Gasteiger partial charge in [-0.15, -0.1) is 6.58 Å². The molecule has 0 bridgehead atoms. The van der Waals surface area contributed by atoms with Gasteiger partial charge in [-0.1, -0.05) is 17.7 Å². The molecule has 112 valence electrons. The van der Waals surface area contributed by atoms with Crippen molar-refractivity contribution in [2.75, 3.05) is 0 Å². The molecule has 0 saturated carbocycles. The Morgan fingerprint density at radius 1 is 1.43 bits per heavy atom. The van der Waals surface area contributed by atoms with Crippen LogP contribution in [0.4, 0.5) is 0 Å². The molecule has 1 heterocycles. The molecule has 0 fully saturated rings. The molecular formula is C19H24O2. The second-order valence-electron chi connectivity index (χ2n) is 6.91. The van der Waals surface area contributed by atoms with E-state index in [1.165, 1.54) is 5.57 Å². The minimum atomic E-state index is -0.200. The molecule has 0 saturated heterocycles. The molecule has 21 heavy (non-hydrogen) atoms. The van der Waals surface area contributed by atoms with Crippen LogP contribution in [0.25, 0.3) is 0 Å². The van der Waals surface area contributed by atoms with Crippen LogP contribution in [0, 0.1) is 5.92 Å². The maximum absolute atomic E-state index is 10.5. The lowest BCUT2D eigenvalue weighted by Crippen LogP contribution is -2.45. The van der Waals surface area contributed by atoms with Crippen LogP contribution in [-0.2, 0) is 6.42 Å². The van der Waals surface area contributed by atoms with Crippen molar-refractivity contribution < 1.29 is 9.84 Å². The second-order valence-corrected chi connectivity index (χ2v) is 6.91. The first-order valence-corrected chi connectivity index (χ1v) is 7.75. The van der Waals surface area contributed by atoms with E-state index in [0.29, 0.717) is 11.7 Å². The SMILES string of the molecule is C=CCc1cc(O)c2c(c1)OC(C)(C)[C@@H]1CCC(C)=C[C@@H]21. The van der Waals surface area contributed by atoms with Gasteiger partial charge in [0, 0.05) is 17.4 Å². The topological polar surface area (TPSA) is 29.5 Å². The molecule has 2 heteroatoms. The summed E-state index contributed by atoms with van der Waals surface area (Å²) in [5.41, 5.74) is 3.22. The van der Waals surface area contributed by atoms with Crippen LogP contribution in [0.3, 0.4) is 0 Å². The number of fused-ring (bicyclic) bond motifs is 3. The fourth-order valence-corrected chi connectivity index (χ4v) is 3.86. The zero-order valence-corrected chi connectivity index (χ0v) is 13.1. The Bertz CT molecular complexity index is 610. The van der Waals surface area contributed by atoms with Gasteiger partial charge in [0.2, 0.25) is 0 Å². The van der Waals surface area contributed by atoms with Crippen LogP contribution in [0.5, 0.6) is 11.5 Å². The third kappa shape index (κ3) is 2.37. The van der Waals surface area contributed by atoms with Crippen molar-refractivity contribution in [2.24, 2.45) is 5.92 Å². The highest BCUT2D eigenvalue weighted by Gasteiger charge is 2.45. The maximum Gasteiger partial charge on any atom is 0.127 e. The highest BCUT2D eigenvalue weighted by molar-refractivity contribution is 5.54. The van der Waals surface area contributed by atoms with Crippen molar-refractivity contribution >= 4 is 0 Å². The summed E-state index contributed by atoms with van der Waals surface area (Å²) in [5.74, 6) is 1.88. The normalized spacial score (nSPS) is 26.1. The number of ether oxygens (including phenoxy) is 1. The van der Waals surface area contributed by atoms with Crippen LogP contribution in [0.2, 0.25) is 0 Å². The number of allylic oxidation sites excluding steroid dienone is 3. The predicted molar refractivity (Wildman–Crippen MR) is 85.9 cm³/mol. The summed E-state index contributed by atoms with van der Waals surface area (Å²) in [4.78, 5) is 0. The molecule has 1 aliphatic heterocycles. The molecule has 2 atom stereocenters. The van der Waals surface area contributed by atoms with Crippen molar-refractivity contribution in [3.05, 3.63) is 47.6 Å². The van der Waals surface area contributed by atoms with E-state index >= 15 is 0 Å². The van der Waals surface area contributed by atoms with Gasteiger partial charge in [-0.2, -0.15) is 0 Å². The van der Waals surface area contributed by atoms with E-state index in [9.17, 15) is 5.11 Å². The zero-order chi connectivity index (χ0) is 15.2. The van der Waals surface area contributed by atoms with E-state index in [-0.39, 0.29) is 11.5 Å². The predicted octanol–water partition coefficient (Wildman–Crippen LogP) is 4.73. The lowest BCUT2D eigenvalue weighted by molar-refractivity contribution is 0.0107. The number of phenolic OH excluding ortho intramolecular Hbond substituents is 1. The summed E-state index contributed by atoms with van der Waals surface area (Å²) in [6, 6.07) is 3.92. The first-order valence-electron chi connectivity index (χ1n) is 7.75. The van der Waals surface area contributed by atoms with Gasteiger partial charge in [0.15, 0.2) is 0 Å². The van der Waals surface area contributed by atoms with Crippen LogP contribution in [0.15, 0.2) is 36.4 Å². The number of rotatable bonds is 2. The Kier molecular flexibility index (Phi) is 3.35. The lowest BCUT2D eigenvalue weighted by atomic mass is 9.68. The summed E-state index contributed by atoms with van der Waals surface area (Å²) in [7, 11) is 0. The highest BCUT2D eigenvalue weighted by Crippen LogP contribution is 2.53. The van der Waals surface area contributed by atoms with Crippen LogP contribution >= 0.6 is 0 Å². The number of benzene rings is 1. The van der Waals surface area contributed by atoms with E-state index in [4.69, 9.17) is 4.74 Å². The van der Waals surface area contributed by atoms with Gasteiger partial charge in [-0.25, -0.2) is 0 Å². The smallest absolute Gasteiger partial charge is 0.127 e. The van der Waals surface area contributed by atoms with Gasteiger partial charge in [-0.05, 0) is 57.7 Å². The average molecular weight is 284 g/mol. The van der Waals surface area contributed by atoms with Gasteiger partial charge in [0.1, 0.15) is 17.1 Å². The van der Waals surface area contributed by atoms with Crippen molar-refractivity contribution in [1.82, 2.24) is 0 Å². The molecule has 0 radical (unpaired) electrons. The number of hydrogen-bond donors (Lipinski definition) is 1. The quantitative estimate of drug-likeness (QED) is 0.795. The van der Waals surface area contributed by atoms with E-state index in [0.717, 1.165) is 36.1 Å². The maximum atomic E-state index is 10.5. The summed E-state index contributed by atoms with van der Waals surface area (Å²) in [6.07, 6.45) is 7.16. The summed E-state index contributed by atoms with van der Waals surface area (Å²) in [6.45, 7) is 10.3. The van der Waals surface area contributed by atoms with Gasteiger partial charge >= 0.3 is 0 Å². The van der Waals surface area contributed by atoms with E-state index < -0.39 is 0 Å². The number of hydrogen-bond acceptors (Lipinski definition) is 2. The minimum Gasteiger partial charge on any atom is -0.507 e. The second kappa shape index (κ2) is 4.94. The monoisotopic (exact) mass is 284 g/mol. The fraction of sp³-hybridized carbons (Fsp3) is 0.474. The lowest BCUT2D eigenvalue weighted by Gasteiger charge is -2.46. The molecule has 2 aliphatic rings. The zero-order valence-electron chi connectivity index (χ0n) is 13.1. The number of phenols is 1.